The Morgan fingerprint density at radius 2 is 1.75 bits per heavy atom. The molecule has 1 atom stereocenters. The number of Topliss-reactive ketones (excluding diaryl/α,β-unsaturated/α-hetero) is 1. The summed E-state index contributed by atoms with van der Waals surface area (Å²) in [7, 11) is 0.511. The van der Waals surface area contributed by atoms with Gasteiger partial charge < -0.3 is 14.7 Å². The molecule has 0 aliphatic carbocycles. The van der Waals surface area contributed by atoms with Crippen LogP contribution in [0.25, 0.3) is 5.76 Å². The third-order valence-electron chi connectivity index (χ3n) is 5.18. The van der Waals surface area contributed by atoms with Gasteiger partial charge in [-0.1, -0.05) is 18.2 Å². The quantitative estimate of drug-likeness (QED) is 0.384. The minimum absolute atomic E-state index is 0.00903. The van der Waals surface area contributed by atoms with Gasteiger partial charge in [-0.15, -0.1) is 0 Å². The summed E-state index contributed by atoms with van der Waals surface area (Å²) in [5.74, 6) is -3.01. The molecule has 1 fully saturated rings. The number of ketones is 1. The molecule has 3 rings (SSSR count). The third kappa shape index (κ3) is 4.16. The number of aliphatic hydroxyl groups excluding tert-OH is 1. The summed E-state index contributed by atoms with van der Waals surface area (Å²) in [6, 6.07) is 9.74. The number of amides is 1. The van der Waals surface area contributed by atoms with Crippen molar-refractivity contribution in [2.24, 2.45) is 0 Å². The van der Waals surface area contributed by atoms with Crippen LogP contribution >= 0.6 is 0 Å². The van der Waals surface area contributed by atoms with Crippen molar-refractivity contribution in [3.8, 4) is 0 Å². The van der Waals surface area contributed by atoms with E-state index in [2.05, 4.69) is 0 Å². The number of benzene rings is 2. The molecule has 32 heavy (non-hydrogen) atoms. The van der Waals surface area contributed by atoms with Gasteiger partial charge in [0.1, 0.15) is 11.6 Å². The van der Waals surface area contributed by atoms with E-state index in [4.69, 9.17) is 4.74 Å². The Kier molecular flexibility index (Phi) is 6.77. The first-order valence-corrected chi connectivity index (χ1v) is 11.1. The number of methoxy groups -OCH3 is 1. The second kappa shape index (κ2) is 9.19. The van der Waals surface area contributed by atoms with Crippen LogP contribution in [-0.2, 0) is 24.3 Å². The lowest BCUT2D eigenvalue weighted by Crippen LogP contribution is -2.33. The molecule has 1 heterocycles. The van der Waals surface area contributed by atoms with E-state index < -0.39 is 39.3 Å². The molecular weight excluding hydrogens is 439 g/mol. The molecule has 1 aliphatic heterocycles. The van der Waals surface area contributed by atoms with Crippen molar-refractivity contribution >= 4 is 27.5 Å². The molecule has 0 bridgehead atoms. The lowest BCUT2D eigenvalue weighted by Gasteiger charge is -2.25. The molecule has 170 valence electrons. The zero-order chi connectivity index (χ0) is 23.6. The molecule has 1 N–H and O–H groups in total. The zero-order valence-corrected chi connectivity index (χ0v) is 18.6. The predicted molar refractivity (Wildman–Crippen MR) is 115 cm³/mol. The molecule has 8 nitrogen and oxygen atoms in total. The van der Waals surface area contributed by atoms with Crippen LogP contribution in [0, 0.1) is 5.82 Å². The summed E-state index contributed by atoms with van der Waals surface area (Å²) < 4.78 is 45.2. The largest absolute Gasteiger partial charge is 0.507 e. The van der Waals surface area contributed by atoms with Crippen molar-refractivity contribution in [3.63, 3.8) is 0 Å². The van der Waals surface area contributed by atoms with Gasteiger partial charge in [-0.05, 0) is 30.3 Å². The van der Waals surface area contributed by atoms with E-state index in [1.54, 1.807) is 6.07 Å². The van der Waals surface area contributed by atoms with E-state index in [1.165, 1.54) is 63.7 Å². The van der Waals surface area contributed by atoms with E-state index in [-0.39, 0.29) is 34.7 Å². The Labute approximate surface area is 185 Å². The number of ether oxygens (including phenoxy) is 1. The molecule has 0 spiro atoms. The molecule has 2 aromatic carbocycles. The Morgan fingerprint density at radius 1 is 1.12 bits per heavy atom. The van der Waals surface area contributed by atoms with Gasteiger partial charge in [-0.2, -0.15) is 0 Å². The van der Waals surface area contributed by atoms with Gasteiger partial charge in [-0.3, -0.25) is 9.59 Å². The minimum atomic E-state index is -3.69. The normalized spacial score (nSPS) is 18.5. The SMILES string of the molecule is COCCN1C(=O)C(=O)C(=C(O)c2ccc(S(=O)(=O)N(C)C)cc2)[C@@H]1c1ccccc1F. The van der Waals surface area contributed by atoms with Crippen LogP contribution in [0.1, 0.15) is 17.2 Å². The molecule has 0 saturated carbocycles. The standard InChI is InChI=1S/C22H23FN2O6S/c1-24(2)32(29,30)15-10-8-14(9-11-15)20(26)18-19(16-6-4-5-7-17(16)23)25(12-13-31-3)22(28)21(18)27/h4-11,19,26H,12-13H2,1-3H3/t19-/m0/s1. The topological polar surface area (TPSA) is 104 Å². The highest BCUT2D eigenvalue weighted by Crippen LogP contribution is 2.40. The zero-order valence-electron chi connectivity index (χ0n) is 17.8. The summed E-state index contributed by atoms with van der Waals surface area (Å²) in [4.78, 5) is 26.7. The van der Waals surface area contributed by atoms with Crippen molar-refractivity contribution in [1.82, 2.24) is 9.21 Å². The maximum atomic E-state index is 14.6. The number of carbonyl (C=O) groups excluding carboxylic acids is 2. The number of carbonyl (C=O) groups is 2. The number of rotatable bonds is 7. The summed E-state index contributed by atoms with van der Waals surface area (Å²) >= 11 is 0. The van der Waals surface area contributed by atoms with Crippen LogP contribution in [0.15, 0.2) is 59.0 Å². The van der Waals surface area contributed by atoms with Gasteiger partial charge in [0, 0.05) is 38.9 Å². The monoisotopic (exact) mass is 462 g/mol. The lowest BCUT2D eigenvalue weighted by atomic mass is 9.95. The average Bonchev–Trinajstić information content (AvgIpc) is 3.02. The fourth-order valence-electron chi connectivity index (χ4n) is 3.47. The average molecular weight is 462 g/mol. The molecule has 1 aliphatic rings. The van der Waals surface area contributed by atoms with Crippen LogP contribution in [0.5, 0.6) is 0 Å². The summed E-state index contributed by atoms with van der Waals surface area (Å²) in [5, 5.41) is 10.9. The number of halogens is 1. The molecule has 0 unspecified atom stereocenters. The van der Waals surface area contributed by atoms with Gasteiger partial charge in [0.15, 0.2) is 0 Å². The van der Waals surface area contributed by atoms with Gasteiger partial charge in [0.05, 0.1) is 23.1 Å². The van der Waals surface area contributed by atoms with Crippen molar-refractivity contribution < 1.29 is 32.2 Å². The van der Waals surface area contributed by atoms with Gasteiger partial charge in [-0.25, -0.2) is 17.1 Å². The number of sulfonamides is 1. The third-order valence-corrected chi connectivity index (χ3v) is 7.01. The predicted octanol–water partition coefficient (Wildman–Crippen LogP) is 2.14. The van der Waals surface area contributed by atoms with Crippen LogP contribution in [0.4, 0.5) is 4.39 Å². The fourth-order valence-corrected chi connectivity index (χ4v) is 4.37. The maximum Gasteiger partial charge on any atom is 0.295 e. The van der Waals surface area contributed by atoms with Crippen molar-refractivity contribution in [2.45, 2.75) is 10.9 Å². The first-order valence-electron chi connectivity index (χ1n) is 9.66. The van der Waals surface area contributed by atoms with E-state index in [9.17, 15) is 27.5 Å². The molecular formula is C22H23FN2O6S. The summed E-state index contributed by atoms with van der Waals surface area (Å²) in [6.45, 7) is 0.117. The maximum absolute atomic E-state index is 14.6. The fraction of sp³-hybridized carbons (Fsp3) is 0.273. The number of hydrogen-bond donors (Lipinski definition) is 1. The van der Waals surface area contributed by atoms with E-state index in [0.29, 0.717) is 0 Å². The second-order valence-electron chi connectivity index (χ2n) is 7.32. The van der Waals surface area contributed by atoms with E-state index >= 15 is 0 Å². The lowest BCUT2D eigenvalue weighted by molar-refractivity contribution is -0.140. The Morgan fingerprint density at radius 3 is 2.31 bits per heavy atom. The highest BCUT2D eigenvalue weighted by atomic mass is 32.2. The van der Waals surface area contributed by atoms with Crippen LogP contribution in [0.3, 0.4) is 0 Å². The molecule has 10 heteroatoms. The van der Waals surface area contributed by atoms with Crippen molar-refractivity contribution in [3.05, 3.63) is 71.0 Å². The number of aliphatic hydroxyl groups is 1. The van der Waals surface area contributed by atoms with Gasteiger partial charge in [0.2, 0.25) is 10.0 Å². The van der Waals surface area contributed by atoms with Gasteiger partial charge >= 0.3 is 0 Å². The highest BCUT2D eigenvalue weighted by molar-refractivity contribution is 7.89. The highest BCUT2D eigenvalue weighted by Gasteiger charge is 2.46. The Balaban J connectivity index is 2.14. The number of nitrogens with zero attached hydrogens (tertiary/aromatic N) is 2. The Hall–Kier alpha value is -3.08. The van der Waals surface area contributed by atoms with Crippen LogP contribution < -0.4 is 0 Å². The van der Waals surface area contributed by atoms with Gasteiger partial charge in [0.25, 0.3) is 11.7 Å². The van der Waals surface area contributed by atoms with Crippen molar-refractivity contribution in [2.75, 3.05) is 34.4 Å². The van der Waals surface area contributed by atoms with Crippen LogP contribution in [0.2, 0.25) is 0 Å². The molecule has 1 amide bonds. The molecule has 2 aromatic rings. The number of likely N-dealkylation sites (tertiary alicyclic amines) is 1. The number of hydrogen-bond acceptors (Lipinski definition) is 6. The van der Waals surface area contributed by atoms with E-state index in [1.807, 2.05) is 0 Å². The summed E-state index contributed by atoms with van der Waals surface area (Å²) in [6.07, 6.45) is 0. The second-order valence-corrected chi connectivity index (χ2v) is 9.47. The van der Waals surface area contributed by atoms with E-state index in [0.717, 1.165) is 9.21 Å². The summed E-state index contributed by atoms with van der Waals surface area (Å²) in [5.41, 5.74) is -0.107. The first kappa shape index (κ1) is 23.6. The minimum Gasteiger partial charge on any atom is -0.507 e. The first-order chi connectivity index (χ1) is 15.1. The smallest absolute Gasteiger partial charge is 0.295 e. The molecule has 0 aromatic heterocycles. The molecule has 0 radical (unpaired) electrons. The molecule has 1 saturated heterocycles. The van der Waals surface area contributed by atoms with Crippen molar-refractivity contribution in [1.29, 1.82) is 0 Å². The Bertz CT molecular complexity index is 1180. The van der Waals surface area contributed by atoms with Crippen LogP contribution in [-0.4, -0.2) is 68.8 Å².